The van der Waals surface area contributed by atoms with Crippen molar-refractivity contribution in [3.05, 3.63) is 29.8 Å². The number of ether oxygens (including phenoxy) is 1. The van der Waals surface area contributed by atoms with E-state index in [2.05, 4.69) is 6.92 Å². The van der Waals surface area contributed by atoms with Crippen LogP contribution in [0.1, 0.15) is 12.5 Å². The zero-order valence-electron chi connectivity index (χ0n) is 12.3. The van der Waals surface area contributed by atoms with Crippen LogP contribution in [0.2, 0.25) is 0 Å². The van der Waals surface area contributed by atoms with Gasteiger partial charge in [0.05, 0.1) is 12.1 Å². The van der Waals surface area contributed by atoms with E-state index in [4.69, 9.17) is 4.74 Å². The number of hydrogen-bond acceptors (Lipinski definition) is 1. The molecule has 1 aliphatic rings. The molecule has 0 saturated carbocycles. The summed E-state index contributed by atoms with van der Waals surface area (Å²) in [5.74, 6) is 0.294. The van der Waals surface area contributed by atoms with Crippen LogP contribution in [0, 0.1) is 0 Å². The predicted molar refractivity (Wildman–Crippen MR) is 73.7 cm³/mol. The van der Waals surface area contributed by atoms with Gasteiger partial charge in [-0.05, 0) is 25.1 Å². The van der Waals surface area contributed by atoms with Crippen LogP contribution >= 0.6 is 0 Å². The summed E-state index contributed by atoms with van der Waals surface area (Å²) in [7, 11) is 0. The lowest BCUT2D eigenvalue weighted by atomic mass is 10.2. The molecule has 2 N–H and O–H groups in total. The molecule has 0 spiro atoms. The number of nitrogens with one attached hydrogen (secondary N) is 2. The molecule has 1 aliphatic heterocycles. The molecule has 1 aromatic rings. The number of piperazine rings is 1. The maximum atomic E-state index is 12.6. The van der Waals surface area contributed by atoms with Gasteiger partial charge < -0.3 is 14.5 Å². The number of hydrogen-bond donors (Lipinski definition) is 2. The standard InChI is InChI=1S/C15H21F3N2O/c1-2-19-6-8-20(9-7-19)10-11-21-14-5-3-4-13(12-14)15(16,17)18/h3-5,12H,2,6-11H2,1H3/p+2. The fourth-order valence-corrected chi connectivity index (χ4v) is 2.64. The monoisotopic (exact) mass is 304 g/mol. The summed E-state index contributed by atoms with van der Waals surface area (Å²) in [5, 5.41) is 0. The van der Waals surface area contributed by atoms with Crippen LogP contribution in [0.25, 0.3) is 0 Å². The summed E-state index contributed by atoms with van der Waals surface area (Å²) in [6, 6.07) is 5.08. The Morgan fingerprint density at radius 3 is 2.38 bits per heavy atom. The van der Waals surface area contributed by atoms with Crippen molar-refractivity contribution in [1.82, 2.24) is 0 Å². The van der Waals surface area contributed by atoms with Crippen LogP contribution < -0.4 is 14.5 Å². The highest BCUT2D eigenvalue weighted by Crippen LogP contribution is 2.31. The third-order valence-corrected chi connectivity index (χ3v) is 4.05. The van der Waals surface area contributed by atoms with Gasteiger partial charge in [-0.3, -0.25) is 0 Å². The Morgan fingerprint density at radius 2 is 1.76 bits per heavy atom. The Hall–Kier alpha value is -1.27. The molecule has 0 radical (unpaired) electrons. The third kappa shape index (κ3) is 4.89. The van der Waals surface area contributed by atoms with Crippen molar-refractivity contribution >= 4 is 0 Å². The Morgan fingerprint density at radius 1 is 1.10 bits per heavy atom. The third-order valence-electron chi connectivity index (χ3n) is 4.05. The number of benzene rings is 1. The van der Waals surface area contributed by atoms with Gasteiger partial charge in [-0.2, -0.15) is 13.2 Å². The quantitative estimate of drug-likeness (QED) is 0.777. The molecule has 1 heterocycles. The highest BCUT2D eigenvalue weighted by Gasteiger charge is 2.30. The van der Waals surface area contributed by atoms with Gasteiger partial charge in [-0.25, -0.2) is 0 Å². The fraction of sp³-hybridized carbons (Fsp3) is 0.600. The second-order valence-corrected chi connectivity index (χ2v) is 5.48. The Balaban J connectivity index is 1.76. The van der Waals surface area contributed by atoms with Gasteiger partial charge in [-0.1, -0.05) is 6.07 Å². The largest absolute Gasteiger partial charge is 0.488 e. The molecule has 0 aliphatic carbocycles. The molecule has 1 saturated heterocycles. The van der Waals surface area contributed by atoms with Crippen molar-refractivity contribution in [2.24, 2.45) is 0 Å². The number of alkyl halides is 3. The van der Waals surface area contributed by atoms with Crippen molar-refractivity contribution in [3.8, 4) is 5.75 Å². The van der Waals surface area contributed by atoms with E-state index in [1.807, 2.05) is 0 Å². The SMILES string of the molecule is CC[NH+]1CC[NH+](CCOc2cccc(C(F)(F)F)c2)CC1. The van der Waals surface area contributed by atoms with Crippen LogP contribution in [-0.2, 0) is 6.18 Å². The maximum absolute atomic E-state index is 12.6. The smallest absolute Gasteiger partial charge is 0.416 e. The van der Waals surface area contributed by atoms with E-state index in [0.29, 0.717) is 12.4 Å². The maximum Gasteiger partial charge on any atom is 0.416 e. The molecular weight excluding hydrogens is 281 g/mol. The van der Waals surface area contributed by atoms with Crippen molar-refractivity contribution < 1.29 is 27.7 Å². The van der Waals surface area contributed by atoms with Crippen molar-refractivity contribution in [1.29, 1.82) is 0 Å². The first-order valence-corrected chi connectivity index (χ1v) is 7.46. The van der Waals surface area contributed by atoms with Crippen LogP contribution in [-0.4, -0.2) is 45.9 Å². The van der Waals surface area contributed by atoms with E-state index in [-0.39, 0.29) is 0 Å². The van der Waals surface area contributed by atoms with Gasteiger partial charge in [-0.15, -0.1) is 0 Å². The molecule has 0 bridgehead atoms. The summed E-state index contributed by atoms with van der Waals surface area (Å²) < 4.78 is 43.2. The van der Waals surface area contributed by atoms with Gasteiger partial charge in [0.2, 0.25) is 0 Å². The summed E-state index contributed by atoms with van der Waals surface area (Å²) >= 11 is 0. The van der Waals surface area contributed by atoms with E-state index in [9.17, 15) is 13.2 Å². The van der Waals surface area contributed by atoms with Crippen molar-refractivity contribution in [2.75, 3.05) is 45.9 Å². The predicted octanol–water partition coefficient (Wildman–Crippen LogP) is -0.112. The minimum absolute atomic E-state index is 0.294. The number of rotatable bonds is 5. The minimum Gasteiger partial charge on any atom is -0.488 e. The zero-order chi connectivity index (χ0) is 15.3. The number of halogens is 3. The average molecular weight is 304 g/mol. The molecule has 0 amide bonds. The van der Waals surface area contributed by atoms with Gasteiger partial charge in [0.25, 0.3) is 0 Å². The molecule has 0 aromatic heterocycles. The molecule has 21 heavy (non-hydrogen) atoms. The molecule has 0 atom stereocenters. The van der Waals surface area contributed by atoms with Crippen molar-refractivity contribution in [3.63, 3.8) is 0 Å². The van der Waals surface area contributed by atoms with E-state index in [1.54, 1.807) is 11.0 Å². The molecule has 1 aromatic carbocycles. The van der Waals surface area contributed by atoms with E-state index in [0.717, 1.165) is 51.4 Å². The van der Waals surface area contributed by atoms with Crippen LogP contribution in [0.5, 0.6) is 5.75 Å². The number of quaternary nitrogens is 2. The molecule has 0 unspecified atom stereocenters. The lowest BCUT2D eigenvalue weighted by Gasteiger charge is -2.28. The highest BCUT2D eigenvalue weighted by atomic mass is 19.4. The van der Waals surface area contributed by atoms with E-state index < -0.39 is 11.7 Å². The van der Waals surface area contributed by atoms with Gasteiger partial charge in [0.1, 0.15) is 45.1 Å². The summed E-state index contributed by atoms with van der Waals surface area (Å²) in [6.07, 6.45) is -4.32. The van der Waals surface area contributed by atoms with Crippen molar-refractivity contribution in [2.45, 2.75) is 13.1 Å². The first kappa shape index (κ1) is 16.1. The molecule has 6 heteroatoms. The zero-order valence-corrected chi connectivity index (χ0v) is 12.3. The van der Waals surface area contributed by atoms with Crippen LogP contribution in [0.3, 0.4) is 0 Å². The summed E-state index contributed by atoms with van der Waals surface area (Å²) in [6.45, 7) is 9.19. The summed E-state index contributed by atoms with van der Waals surface area (Å²) in [5.41, 5.74) is -0.660. The van der Waals surface area contributed by atoms with Gasteiger partial charge in [0.15, 0.2) is 0 Å². The Labute approximate surface area is 123 Å². The molecule has 2 rings (SSSR count). The first-order chi connectivity index (χ1) is 9.99. The van der Waals surface area contributed by atoms with Gasteiger partial charge in [0, 0.05) is 0 Å². The first-order valence-electron chi connectivity index (χ1n) is 7.46. The Bertz CT molecular complexity index is 443. The minimum atomic E-state index is -4.32. The average Bonchev–Trinajstić information content (AvgIpc) is 2.47. The second kappa shape index (κ2) is 7.13. The van der Waals surface area contributed by atoms with Crippen LogP contribution in [0.4, 0.5) is 13.2 Å². The van der Waals surface area contributed by atoms with Gasteiger partial charge >= 0.3 is 6.18 Å². The van der Waals surface area contributed by atoms with E-state index in [1.165, 1.54) is 11.0 Å². The lowest BCUT2D eigenvalue weighted by Crippen LogP contribution is -3.28. The van der Waals surface area contributed by atoms with Crippen LogP contribution in [0.15, 0.2) is 24.3 Å². The molecule has 118 valence electrons. The second-order valence-electron chi connectivity index (χ2n) is 5.48. The lowest BCUT2D eigenvalue weighted by molar-refractivity contribution is -1.01. The molecule has 1 fully saturated rings. The number of likely N-dealkylation sites (N-methyl/N-ethyl adjacent to an activating group) is 1. The van der Waals surface area contributed by atoms with E-state index >= 15 is 0 Å². The normalized spacial score (nSPS) is 23.0. The molecule has 3 nitrogen and oxygen atoms in total. The highest BCUT2D eigenvalue weighted by molar-refractivity contribution is 5.30. The Kier molecular flexibility index (Phi) is 5.47. The topological polar surface area (TPSA) is 18.1 Å². The fourth-order valence-electron chi connectivity index (χ4n) is 2.64. The summed E-state index contributed by atoms with van der Waals surface area (Å²) in [4.78, 5) is 3.09. The molecular formula is C15H23F3N2O+2.